The Hall–Kier alpha value is -3.47. The molecule has 1 aliphatic carbocycles. The Bertz CT molecular complexity index is 1350. The summed E-state index contributed by atoms with van der Waals surface area (Å²) in [6.07, 6.45) is 10.2. The Balaban J connectivity index is 1.53. The molecule has 5 heteroatoms. The van der Waals surface area contributed by atoms with Gasteiger partial charge >= 0.3 is 0 Å². The van der Waals surface area contributed by atoms with Gasteiger partial charge in [0.25, 0.3) is 5.91 Å². The molecule has 0 atom stereocenters. The summed E-state index contributed by atoms with van der Waals surface area (Å²) in [5.41, 5.74) is 7.59. The lowest BCUT2D eigenvalue weighted by molar-refractivity contribution is 0.0932. The standard InChI is InChI=1S/C30H34N4O/c1-20-11-14-24(15-12-20)34-22(3)27(19-31-34)29-18-26(25-17-21(2)13-16-28(25)33-29)30(35)32-23-9-7-5-4-6-8-10-23/h11-19,23H,4-10H2,1-3H3,(H,32,35). The SMILES string of the molecule is Cc1ccc(-n2ncc(-c3cc(C(=O)NC4CCCCCCC4)c4cc(C)ccc4n3)c2C)cc1. The van der Waals surface area contributed by atoms with E-state index in [0.717, 1.165) is 51.9 Å². The van der Waals surface area contributed by atoms with Gasteiger partial charge in [-0.15, -0.1) is 0 Å². The average molecular weight is 467 g/mol. The average Bonchev–Trinajstić information content (AvgIpc) is 3.21. The molecule has 5 nitrogen and oxygen atoms in total. The summed E-state index contributed by atoms with van der Waals surface area (Å²) in [7, 11) is 0. The number of rotatable bonds is 4. The predicted octanol–water partition coefficient (Wildman–Crippen LogP) is 6.86. The number of hydrogen-bond acceptors (Lipinski definition) is 3. The maximum atomic E-state index is 13.6. The monoisotopic (exact) mass is 466 g/mol. The third kappa shape index (κ3) is 5.00. The Morgan fingerprint density at radius 2 is 1.57 bits per heavy atom. The van der Waals surface area contributed by atoms with Gasteiger partial charge in [-0.25, -0.2) is 9.67 Å². The van der Waals surface area contributed by atoms with Crippen LogP contribution in [0.4, 0.5) is 0 Å². The van der Waals surface area contributed by atoms with Gasteiger partial charge in [-0.1, -0.05) is 61.4 Å². The quantitative estimate of drug-likeness (QED) is 0.358. The minimum absolute atomic E-state index is 0.00148. The van der Waals surface area contributed by atoms with Gasteiger partial charge < -0.3 is 5.32 Å². The molecule has 1 amide bonds. The molecule has 2 aromatic carbocycles. The van der Waals surface area contributed by atoms with E-state index in [2.05, 4.69) is 67.6 Å². The van der Waals surface area contributed by atoms with Gasteiger partial charge in [0.2, 0.25) is 0 Å². The van der Waals surface area contributed by atoms with E-state index in [-0.39, 0.29) is 11.9 Å². The van der Waals surface area contributed by atoms with E-state index in [1.165, 1.54) is 37.7 Å². The zero-order valence-corrected chi connectivity index (χ0v) is 21.0. The number of hydrogen-bond donors (Lipinski definition) is 1. The molecule has 0 saturated heterocycles. The molecular formula is C30H34N4O. The fourth-order valence-electron chi connectivity index (χ4n) is 5.14. The topological polar surface area (TPSA) is 59.8 Å². The Kier molecular flexibility index (Phi) is 6.67. The normalized spacial score (nSPS) is 15.1. The predicted molar refractivity (Wildman–Crippen MR) is 142 cm³/mol. The van der Waals surface area contributed by atoms with Crippen LogP contribution < -0.4 is 5.32 Å². The summed E-state index contributed by atoms with van der Waals surface area (Å²) in [5, 5.41) is 8.91. The highest BCUT2D eigenvalue weighted by atomic mass is 16.1. The summed E-state index contributed by atoms with van der Waals surface area (Å²) in [5.74, 6) is -0.00148. The first kappa shape index (κ1) is 23.3. The number of nitrogens with zero attached hydrogens (tertiary/aromatic N) is 3. The number of carbonyl (C=O) groups is 1. The lowest BCUT2D eigenvalue weighted by Gasteiger charge is -2.21. The van der Waals surface area contributed by atoms with E-state index in [9.17, 15) is 4.79 Å². The van der Waals surface area contributed by atoms with Crippen molar-refractivity contribution in [2.75, 3.05) is 0 Å². The zero-order valence-electron chi connectivity index (χ0n) is 21.0. The Morgan fingerprint density at radius 3 is 2.31 bits per heavy atom. The Morgan fingerprint density at radius 1 is 0.886 bits per heavy atom. The maximum Gasteiger partial charge on any atom is 0.252 e. The Labute approximate surface area is 207 Å². The van der Waals surface area contributed by atoms with Gasteiger partial charge in [-0.05, 0) is 63.9 Å². The van der Waals surface area contributed by atoms with Crippen LogP contribution in [-0.2, 0) is 0 Å². The molecule has 2 heterocycles. The summed E-state index contributed by atoms with van der Waals surface area (Å²) in [6.45, 7) is 6.19. The second-order valence-corrected chi connectivity index (χ2v) is 9.98. The molecule has 1 saturated carbocycles. The number of benzene rings is 2. The second-order valence-electron chi connectivity index (χ2n) is 9.98. The lowest BCUT2D eigenvalue weighted by Crippen LogP contribution is -2.35. The zero-order chi connectivity index (χ0) is 24.4. The molecule has 0 spiro atoms. The minimum atomic E-state index is -0.00148. The number of carbonyl (C=O) groups excluding carboxylic acids is 1. The van der Waals surface area contributed by atoms with Gasteiger partial charge in [0.05, 0.1) is 34.4 Å². The molecule has 0 unspecified atom stereocenters. The molecule has 0 aliphatic heterocycles. The highest BCUT2D eigenvalue weighted by Gasteiger charge is 2.20. The number of pyridine rings is 1. The van der Waals surface area contributed by atoms with E-state index in [1.54, 1.807) is 0 Å². The number of amides is 1. The molecule has 35 heavy (non-hydrogen) atoms. The third-order valence-corrected chi connectivity index (χ3v) is 7.21. The van der Waals surface area contributed by atoms with E-state index in [1.807, 2.05) is 23.0 Å². The molecule has 0 radical (unpaired) electrons. The van der Waals surface area contributed by atoms with Crippen LogP contribution >= 0.6 is 0 Å². The molecule has 1 aliphatic rings. The fourth-order valence-corrected chi connectivity index (χ4v) is 5.14. The van der Waals surface area contributed by atoms with Crippen LogP contribution in [0.25, 0.3) is 27.8 Å². The first-order valence-electron chi connectivity index (χ1n) is 12.8. The number of fused-ring (bicyclic) bond motifs is 1. The molecule has 5 rings (SSSR count). The minimum Gasteiger partial charge on any atom is -0.349 e. The van der Waals surface area contributed by atoms with E-state index in [4.69, 9.17) is 4.98 Å². The van der Waals surface area contributed by atoms with Crippen molar-refractivity contribution in [3.63, 3.8) is 0 Å². The largest absolute Gasteiger partial charge is 0.349 e. The van der Waals surface area contributed by atoms with Gasteiger partial charge in [-0.2, -0.15) is 5.10 Å². The van der Waals surface area contributed by atoms with Crippen LogP contribution in [-0.4, -0.2) is 26.7 Å². The summed E-state index contributed by atoms with van der Waals surface area (Å²) >= 11 is 0. The van der Waals surface area contributed by atoms with Gasteiger partial charge in [-0.3, -0.25) is 4.79 Å². The molecule has 2 aromatic heterocycles. The van der Waals surface area contributed by atoms with Crippen molar-refractivity contribution in [3.8, 4) is 16.9 Å². The second kappa shape index (κ2) is 10.0. The lowest BCUT2D eigenvalue weighted by atomic mass is 9.96. The van der Waals surface area contributed by atoms with E-state index >= 15 is 0 Å². The molecule has 1 fully saturated rings. The van der Waals surface area contributed by atoms with Crippen molar-refractivity contribution in [3.05, 3.63) is 77.1 Å². The fraction of sp³-hybridized carbons (Fsp3) is 0.367. The van der Waals surface area contributed by atoms with Crippen molar-refractivity contribution in [2.45, 2.75) is 71.8 Å². The summed E-state index contributed by atoms with van der Waals surface area (Å²) < 4.78 is 1.93. The van der Waals surface area contributed by atoms with Gasteiger partial charge in [0.1, 0.15) is 0 Å². The van der Waals surface area contributed by atoms with Crippen molar-refractivity contribution in [1.29, 1.82) is 0 Å². The molecule has 4 aromatic rings. The van der Waals surface area contributed by atoms with Gasteiger partial charge in [0.15, 0.2) is 0 Å². The van der Waals surface area contributed by atoms with E-state index in [0.29, 0.717) is 5.56 Å². The molecule has 0 bridgehead atoms. The molecule has 1 N–H and O–H groups in total. The van der Waals surface area contributed by atoms with Crippen LogP contribution in [0.2, 0.25) is 0 Å². The number of aromatic nitrogens is 3. The highest BCUT2D eigenvalue weighted by molar-refractivity contribution is 6.07. The van der Waals surface area contributed by atoms with Crippen LogP contribution in [0.15, 0.2) is 54.7 Å². The third-order valence-electron chi connectivity index (χ3n) is 7.21. The highest BCUT2D eigenvalue weighted by Crippen LogP contribution is 2.29. The van der Waals surface area contributed by atoms with Crippen LogP contribution in [0.1, 0.15) is 72.1 Å². The van der Waals surface area contributed by atoms with Crippen molar-refractivity contribution in [2.24, 2.45) is 0 Å². The first-order chi connectivity index (χ1) is 17.0. The first-order valence-corrected chi connectivity index (χ1v) is 12.8. The summed E-state index contributed by atoms with van der Waals surface area (Å²) in [6, 6.07) is 16.7. The van der Waals surface area contributed by atoms with Crippen LogP contribution in [0, 0.1) is 20.8 Å². The van der Waals surface area contributed by atoms with Crippen molar-refractivity contribution < 1.29 is 4.79 Å². The summed E-state index contributed by atoms with van der Waals surface area (Å²) in [4.78, 5) is 18.6. The van der Waals surface area contributed by atoms with Gasteiger partial charge in [0, 0.05) is 17.0 Å². The van der Waals surface area contributed by atoms with Crippen LogP contribution in [0.3, 0.4) is 0 Å². The van der Waals surface area contributed by atoms with E-state index < -0.39 is 0 Å². The smallest absolute Gasteiger partial charge is 0.252 e. The van der Waals surface area contributed by atoms with Crippen LogP contribution in [0.5, 0.6) is 0 Å². The number of nitrogens with one attached hydrogen (secondary N) is 1. The van der Waals surface area contributed by atoms with Crippen molar-refractivity contribution >= 4 is 16.8 Å². The number of aryl methyl sites for hydroxylation is 2. The maximum absolute atomic E-state index is 13.6. The van der Waals surface area contributed by atoms with Crippen molar-refractivity contribution in [1.82, 2.24) is 20.1 Å². The molecule has 180 valence electrons. The molecular weight excluding hydrogens is 432 g/mol.